The fourth-order valence-corrected chi connectivity index (χ4v) is 4.59. The van der Waals surface area contributed by atoms with Gasteiger partial charge >= 0.3 is 0 Å². The van der Waals surface area contributed by atoms with Crippen LogP contribution in [0.3, 0.4) is 0 Å². The van der Waals surface area contributed by atoms with Gasteiger partial charge in [-0.2, -0.15) is 0 Å². The predicted octanol–water partition coefficient (Wildman–Crippen LogP) is 2.78. The summed E-state index contributed by atoms with van der Waals surface area (Å²) < 4.78 is 40.9. The van der Waals surface area contributed by atoms with E-state index >= 15 is 0 Å². The number of sulfonamides is 1. The van der Waals surface area contributed by atoms with Crippen LogP contribution in [0.25, 0.3) is 0 Å². The molecule has 0 saturated carbocycles. The van der Waals surface area contributed by atoms with Gasteiger partial charge in [-0.05, 0) is 37.3 Å². The zero-order chi connectivity index (χ0) is 17.5. The molecule has 1 heterocycles. The first-order valence-electron chi connectivity index (χ1n) is 7.48. The zero-order valence-electron chi connectivity index (χ0n) is 13.3. The van der Waals surface area contributed by atoms with Crippen molar-refractivity contribution in [1.82, 2.24) is 0 Å². The minimum Gasteiger partial charge on any atom is -0.313 e. The van der Waals surface area contributed by atoms with Crippen molar-refractivity contribution in [2.75, 3.05) is 16.3 Å². The van der Waals surface area contributed by atoms with Gasteiger partial charge in [0.1, 0.15) is 5.82 Å². The molecule has 1 amide bonds. The zero-order valence-corrected chi connectivity index (χ0v) is 14.1. The summed E-state index contributed by atoms with van der Waals surface area (Å²) in [6, 6.07) is 11.1. The third-order valence-corrected chi connectivity index (χ3v) is 6.00. The van der Waals surface area contributed by atoms with Gasteiger partial charge in [0.15, 0.2) is 0 Å². The lowest BCUT2D eigenvalue weighted by Crippen LogP contribution is -2.39. The van der Waals surface area contributed by atoms with Crippen LogP contribution in [-0.2, 0) is 14.8 Å². The number of para-hydroxylation sites is 2. The first kappa shape index (κ1) is 16.4. The van der Waals surface area contributed by atoms with E-state index in [0.717, 1.165) is 6.07 Å². The van der Waals surface area contributed by atoms with Crippen LogP contribution in [0.1, 0.15) is 13.3 Å². The van der Waals surface area contributed by atoms with Crippen LogP contribution in [0.15, 0.2) is 53.4 Å². The molecule has 3 rings (SSSR count). The van der Waals surface area contributed by atoms with Crippen LogP contribution in [0, 0.1) is 5.82 Å². The van der Waals surface area contributed by atoms with Crippen molar-refractivity contribution in [3.8, 4) is 0 Å². The second-order valence-electron chi connectivity index (χ2n) is 5.75. The topological polar surface area (TPSA) is 57.7 Å². The average molecular weight is 348 g/mol. The third-order valence-electron chi connectivity index (χ3n) is 4.08. The summed E-state index contributed by atoms with van der Waals surface area (Å²) in [5.41, 5.74) is 0.912. The number of amides is 1. The van der Waals surface area contributed by atoms with Gasteiger partial charge in [0.05, 0.1) is 22.3 Å². The van der Waals surface area contributed by atoms with Gasteiger partial charge in [-0.25, -0.2) is 12.8 Å². The molecule has 0 radical (unpaired) electrons. The highest BCUT2D eigenvalue weighted by Gasteiger charge is 2.36. The SMILES string of the molecule is C[C@@H]1CC(=O)N(C)c2ccccc2N1S(=O)(=O)c1cccc(F)c1. The maximum absolute atomic E-state index is 13.5. The summed E-state index contributed by atoms with van der Waals surface area (Å²) in [4.78, 5) is 13.6. The van der Waals surface area contributed by atoms with Crippen LogP contribution < -0.4 is 9.21 Å². The molecule has 0 unspecified atom stereocenters. The summed E-state index contributed by atoms with van der Waals surface area (Å²) in [6.45, 7) is 1.67. The second-order valence-corrected chi connectivity index (χ2v) is 7.57. The molecule has 2 aromatic rings. The van der Waals surface area contributed by atoms with Crippen molar-refractivity contribution in [3.63, 3.8) is 0 Å². The van der Waals surface area contributed by atoms with Gasteiger partial charge in [-0.15, -0.1) is 0 Å². The molecule has 0 fully saturated rings. The standard InChI is InChI=1S/C17H17FN2O3S/c1-12-10-17(21)19(2)15-8-3-4-9-16(15)20(12)24(22,23)14-7-5-6-13(18)11-14/h3-9,11-12H,10H2,1-2H3/t12-/m1/s1. The summed E-state index contributed by atoms with van der Waals surface area (Å²) >= 11 is 0. The quantitative estimate of drug-likeness (QED) is 0.838. The molecule has 0 aliphatic carbocycles. The van der Waals surface area contributed by atoms with Crippen molar-refractivity contribution >= 4 is 27.3 Å². The van der Waals surface area contributed by atoms with E-state index in [1.165, 1.54) is 27.4 Å². The van der Waals surface area contributed by atoms with Gasteiger partial charge in [0.25, 0.3) is 10.0 Å². The third kappa shape index (κ3) is 2.65. The normalized spacial score (nSPS) is 18.3. The van der Waals surface area contributed by atoms with Crippen LogP contribution in [-0.4, -0.2) is 27.4 Å². The Hall–Kier alpha value is -2.41. The van der Waals surface area contributed by atoms with E-state index in [2.05, 4.69) is 0 Å². The summed E-state index contributed by atoms with van der Waals surface area (Å²) in [5, 5.41) is 0. The van der Waals surface area contributed by atoms with Crippen LogP contribution in [0.2, 0.25) is 0 Å². The van der Waals surface area contributed by atoms with Gasteiger partial charge in [-0.3, -0.25) is 9.10 Å². The van der Waals surface area contributed by atoms with Crippen molar-refractivity contribution in [1.29, 1.82) is 0 Å². The van der Waals surface area contributed by atoms with Crippen molar-refractivity contribution in [2.24, 2.45) is 0 Å². The molecule has 7 heteroatoms. The molecule has 1 aliphatic rings. The Labute approximate surface area is 140 Å². The molecule has 0 saturated heterocycles. The monoisotopic (exact) mass is 348 g/mol. The van der Waals surface area contributed by atoms with Crippen LogP contribution in [0.5, 0.6) is 0 Å². The Morgan fingerprint density at radius 1 is 1.08 bits per heavy atom. The molecule has 0 bridgehead atoms. The molecular formula is C17H17FN2O3S. The molecule has 1 atom stereocenters. The number of halogens is 1. The largest absolute Gasteiger partial charge is 0.313 e. The first-order chi connectivity index (χ1) is 11.3. The number of anilines is 2. The highest BCUT2D eigenvalue weighted by atomic mass is 32.2. The minimum atomic E-state index is -4.00. The molecule has 0 aromatic heterocycles. The highest BCUT2D eigenvalue weighted by molar-refractivity contribution is 7.92. The molecule has 126 valence electrons. The number of hydrogen-bond donors (Lipinski definition) is 0. The average Bonchev–Trinajstić information content (AvgIpc) is 2.63. The molecule has 2 aromatic carbocycles. The predicted molar refractivity (Wildman–Crippen MR) is 90.0 cm³/mol. The van der Waals surface area contributed by atoms with E-state index in [0.29, 0.717) is 11.4 Å². The minimum absolute atomic E-state index is 0.0414. The van der Waals surface area contributed by atoms with E-state index in [1.54, 1.807) is 38.2 Å². The smallest absolute Gasteiger partial charge is 0.264 e. The molecular weight excluding hydrogens is 331 g/mol. The lowest BCUT2D eigenvalue weighted by atomic mass is 10.2. The molecule has 0 N–H and O–H groups in total. The van der Waals surface area contributed by atoms with E-state index in [4.69, 9.17) is 0 Å². The maximum Gasteiger partial charge on any atom is 0.264 e. The first-order valence-corrected chi connectivity index (χ1v) is 8.92. The van der Waals surface area contributed by atoms with Crippen LogP contribution in [0.4, 0.5) is 15.8 Å². The number of rotatable bonds is 2. The van der Waals surface area contributed by atoms with E-state index < -0.39 is 21.9 Å². The van der Waals surface area contributed by atoms with Crippen molar-refractivity contribution in [3.05, 3.63) is 54.3 Å². The van der Waals surface area contributed by atoms with Gasteiger partial charge in [-0.1, -0.05) is 18.2 Å². The van der Waals surface area contributed by atoms with Gasteiger partial charge in [0, 0.05) is 13.5 Å². The lowest BCUT2D eigenvalue weighted by Gasteiger charge is -2.29. The number of benzene rings is 2. The van der Waals surface area contributed by atoms with Gasteiger partial charge < -0.3 is 4.90 Å². The summed E-state index contributed by atoms with van der Waals surface area (Å²) in [5.74, 6) is -0.799. The number of fused-ring (bicyclic) bond motifs is 1. The van der Waals surface area contributed by atoms with E-state index in [9.17, 15) is 17.6 Å². The molecule has 5 nitrogen and oxygen atoms in total. The molecule has 1 aliphatic heterocycles. The Kier molecular flexibility index (Phi) is 4.04. The van der Waals surface area contributed by atoms with Crippen LogP contribution >= 0.6 is 0 Å². The number of carbonyl (C=O) groups excluding carboxylic acids is 1. The highest BCUT2D eigenvalue weighted by Crippen LogP contribution is 2.37. The Bertz CT molecular complexity index is 898. The number of carbonyl (C=O) groups is 1. The summed E-state index contributed by atoms with van der Waals surface area (Å²) in [7, 11) is -2.39. The Morgan fingerprint density at radius 2 is 1.75 bits per heavy atom. The fourth-order valence-electron chi connectivity index (χ4n) is 2.89. The van der Waals surface area contributed by atoms with E-state index in [-0.39, 0.29) is 17.2 Å². The number of nitrogens with zero attached hydrogens (tertiary/aromatic N) is 2. The van der Waals surface area contributed by atoms with E-state index in [1.807, 2.05) is 0 Å². The Balaban J connectivity index is 2.22. The maximum atomic E-state index is 13.5. The fraction of sp³-hybridized carbons (Fsp3) is 0.235. The number of hydrogen-bond acceptors (Lipinski definition) is 3. The Morgan fingerprint density at radius 3 is 2.42 bits per heavy atom. The lowest BCUT2D eigenvalue weighted by molar-refractivity contribution is -0.118. The molecule has 24 heavy (non-hydrogen) atoms. The van der Waals surface area contributed by atoms with Crippen molar-refractivity contribution in [2.45, 2.75) is 24.3 Å². The van der Waals surface area contributed by atoms with Crippen molar-refractivity contribution < 1.29 is 17.6 Å². The second kappa shape index (κ2) is 5.90. The molecule has 0 spiro atoms. The van der Waals surface area contributed by atoms with Gasteiger partial charge in [0.2, 0.25) is 5.91 Å². The summed E-state index contributed by atoms with van der Waals surface area (Å²) in [6.07, 6.45) is 0.0414.